The Morgan fingerprint density at radius 1 is 1.03 bits per heavy atom. The van der Waals surface area contributed by atoms with Gasteiger partial charge in [0.25, 0.3) is 0 Å². The second-order valence-electron chi connectivity index (χ2n) is 8.36. The van der Waals surface area contributed by atoms with Crippen molar-refractivity contribution in [3.8, 4) is 17.1 Å². The highest BCUT2D eigenvalue weighted by Gasteiger charge is 2.21. The molecule has 3 aromatic heterocycles. The summed E-state index contributed by atoms with van der Waals surface area (Å²) in [6, 6.07) is 16.2. The van der Waals surface area contributed by atoms with E-state index in [1.807, 2.05) is 49.0 Å². The van der Waals surface area contributed by atoms with E-state index in [2.05, 4.69) is 44.0 Å². The predicted molar refractivity (Wildman–Crippen MR) is 116 cm³/mol. The van der Waals surface area contributed by atoms with Gasteiger partial charge in [0.15, 0.2) is 0 Å². The van der Waals surface area contributed by atoms with Crippen LogP contribution in [0.25, 0.3) is 22.3 Å². The third-order valence-corrected chi connectivity index (χ3v) is 5.02. The van der Waals surface area contributed by atoms with Crippen LogP contribution in [0.5, 0.6) is 5.75 Å². The Hall–Kier alpha value is -3.21. The average Bonchev–Trinajstić information content (AvgIpc) is 3.09. The summed E-state index contributed by atoms with van der Waals surface area (Å²) in [7, 11) is 1.96. The van der Waals surface area contributed by atoms with Crippen molar-refractivity contribution in [3.05, 3.63) is 71.7 Å². The highest BCUT2D eigenvalue weighted by Crippen LogP contribution is 2.33. The van der Waals surface area contributed by atoms with Crippen LogP contribution in [-0.4, -0.2) is 19.7 Å². The molecule has 0 aliphatic heterocycles. The Kier molecular flexibility index (Phi) is 4.82. The van der Waals surface area contributed by atoms with Crippen molar-refractivity contribution < 1.29 is 4.74 Å². The molecule has 4 aromatic rings. The minimum Gasteiger partial charge on any atom is -0.488 e. The maximum atomic E-state index is 6.25. The van der Waals surface area contributed by atoms with Crippen LogP contribution in [0.1, 0.15) is 37.7 Å². The molecule has 4 rings (SSSR count). The summed E-state index contributed by atoms with van der Waals surface area (Å²) < 4.78 is 8.15. The van der Waals surface area contributed by atoms with Crippen molar-refractivity contribution in [3.63, 3.8) is 0 Å². The van der Waals surface area contributed by atoms with Gasteiger partial charge < -0.3 is 4.74 Å². The zero-order chi connectivity index (χ0) is 20.6. The Labute approximate surface area is 171 Å². The molecule has 0 bridgehead atoms. The molecule has 0 aliphatic carbocycles. The number of fused-ring (bicyclic) bond motifs is 1. The van der Waals surface area contributed by atoms with Crippen molar-refractivity contribution in [2.45, 2.75) is 39.7 Å². The van der Waals surface area contributed by atoms with Crippen LogP contribution in [0.15, 0.2) is 54.7 Å². The van der Waals surface area contributed by atoms with Crippen molar-refractivity contribution >= 4 is 10.9 Å². The second-order valence-corrected chi connectivity index (χ2v) is 8.36. The van der Waals surface area contributed by atoms with Gasteiger partial charge in [-0.15, -0.1) is 0 Å². The third-order valence-electron chi connectivity index (χ3n) is 5.02. The lowest BCUT2D eigenvalue weighted by Crippen LogP contribution is -2.12. The van der Waals surface area contributed by atoms with Gasteiger partial charge in [-0.2, -0.15) is 5.10 Å². The highest BCUT2D eigenvalue weighted by molar-refractivity contribution is 5.89. The summed E-state index contributed by atoms with van der Waals surface area (Å²) in [6.45, 7) is 8.97. The molecular formula is C24H26N4O. The van der Waals surface area contributed by atoms with E-state index in [0.717, 1.165) is 45.0 Å². The molecule has 148 valence electrons. The summed E-state index contributed by atoms with van der Waals surface area (Å²) in [4.78, 5) is 9.34. The number of aromatic nitrogens is 4. The zero-order valence-corrected chi connectivity index (χ0v) is 17.6. The number of rotatable bonds is 4. The Morgan fingerprint density at radius 2 is 1.79 bits per heavy atom. The molecule has 1 aromatic carbocycles. The SMILES string of the molecule is Cc1nccc2nc(-c3cc(C(C)(C)C)nn3C)cc(OCc3ccccc3)c12. The number of pyridine rings is 2. The molecule has 29 heavy (non-hydrogen) atoms. The van der Waals surface area contributed by atoms with E-state index in [-0.39, 0.29) is 5.41 Å². The van der Waals surface area contributed by atoms with Gasteiger partial charge in [-0.1, -0.05) is 51.1 Å². The number of aryl methyl sites for hydroxylation is 2. The van der Waals surface area contributed by atoms with Crippen LogP contribution >= 0.6 is 0 Å². The number of nitrogens with zero attached hydrogens (tertiary/aromatic N) is 4. The number of hydrogen-bond acceptors (Lipinski definition) is 4. The normalized spacial score (nSPS) is 11.8. The van der Waals surface area contributed by atoms with Gasteiger partial charge in [0.05, 0.1) is 33.7 Å². The van der Waals surface area contributed by atoms with Gasteiger partial charge in [-0.05, 0) is 24.6 Å². The van der Waals surface area contributed by atoms with Gasteiger partial charge in [0.2, 0.25) is 0 Å². The molecule has 0 radical (unpaired) electrons. The van der Waals surface area contributed by atoms with Crippen LogP contribution < -0.4 is 4.74 Å². The molecule has 0 N–H and O–H groups in total. The van der Waals surface area contributed by atoms with E-state index < -0.39 is 0 Å². The Morgan fingerprint density at radius 3 is 2.48 bits per heavy atom. The van der Waals surface area contributed by atoms with E-state index in [1.54, 1.807) is 6.20 Å². The van der Waals surface area contributed by atoms with Crippen molar-refractivity contribution in [1.82, 2.24) is 19.7 Å². The largest absolute Gasteiger partial charge is 0.488 e. The monoisotopic (exact) mass is 386 g/mol. The maximum absolute atomic E-state index is 6.25. The van der Waals surface area contributed by atoms with Crippen molar-refractivity contribution in [1.29, 1.82) is 0 Å². The van der Waals surface area contributed by atoms with Gasteiger partial charge in [0.1, 0.15) is 12.4 Å². The third kappa shape index (κ3) is 3.86. The first-order chi connectivity index (χ1) is 13.8. The smallest absolute Gasteiger partial charge is 0.133 e. The molecule has 0 aliphatic rings. The minimum absolute atomic E-state index is 0.0278. The van der Waals surface area contributed by atoms with Gasteiger partial charge >= 0.3 is 0 Å². The van der Waals surface area contributed by atoms with E-state index >= 15 is 0 Å². The summed E-state index contributed by atoms with van der Waals surface area (Å²) in [5.41, 5.74) is 5.72. The lowest BCUT2D eigenvalue weighted by atomic mass is 9.92. The van der Waals surface area contributed by atoms with Crippen LogP contribution in [0, 0.1) is 6.92 Å². The van der Waals surface area contributed by atoms with Crippen LogP contribution in [-0.2, 0) is 19.1 Å². The molecule has 0 amide bonds. The molecule has 0 saturated carbocycles. The number of ether oxygens (including phenoxy) is 1. The first-order valence-corrected chi connectivity index (χ1v) is 9.81. The van der Waals surface area contributed by atoms with E-state index in [4.69, 9.17) is 14.8 Å². The van der Waals surface area contributed by atoms with Crippen molar-refractivity contribution in [2.75, 3.05) is 0 Å². The topological polar surface area (TPSA) is 52.8 Å². The van der Waals surface area contributed by atoms with Crippen LogP contribution in [0.3, 0.4) is 0 Å². The standard InChI is InChI=1S/C24H26N4O/c1-16-23-18(11-12-25-16)26-19(20-14-22(24(2,3)4)27-28(20)5)13-21(23)29-15-17-9-7-6-8-10-17/h6-14H,15H2,1-5H3. The molecule has 0 atom stereocenters. The average molecular weight is 386 g/mol. The summed E-state index contributed by atoms with van der Waals surface area (Å²) in [6.07, 6.45) is 1.79. The fraction of sp³-hybridized carbons (Fsp3) is 0.292. The molecule has 5 heteroatoms. The van der Waals surface area contributed by atoms with Crippen LogP contribution in [0.4, 0.5) is 0 Å². The van der Waals surface area contributed by atoms with Crippen molar-refractivity contribution in [2.24, 2.45) is 7.05 Å². The fourth-order valence-corrected chi connectivity index (χ4v) is 3.36. The minimum atomic E-state index is -0.0278. The van der Waals surface area contributed by atoms with Gasteiger partial charge in [0, 0.05) is 24.7 Å². The van der Waals surface area contributed by atoms with E-state index in [9.17, 15) is 0 Å². The predicted octanol–water partition coefficient (Wildman–Crippen LogP) is 5.22. The summed E-state index contributed by atoms with van der Waals surface area (Å²) >= 11 is 0. The Bertz CT molecular complexity index is 1160. The molecular weight excluding hydrogens is 360 g/mol. The molecule has 0 fully saturated rings. The highest BCUT2D eigenvalue weighted by atomic mass is 16.5. The molecule has 0 saturated heterocycles. The van der Waals surface area contributed by atoms with E-state index in [1.165, 1.54) is 0 Å². The Balaban J connectivity index is 1.81. The molecule has 0 unspecified atom stereocenters. The first-order valence-electron chi connectivity index (χ1n) is 9.81. The summed E-state index contributed by atoms with van der Waals surface area (Å²) in [5.74, 6) is 0.790. The van der Waals surface area contributed by atoms with Gasteiger partial charge in [-0.3, -0.25) is 9.67 Å². The maximum Gasteiger partial charge on any atom is 0.133 e. The molecule has 3 heterocycles. The van der Waals surface area contributed by atoms with Crippen LogP contribution in [0.2, 0.25) is 0 Å². The summed E-state index contributed by atoms with van der Waals surface area (Å²) in [5, 5.41) is 5.65. The first kappa shape index (κ1) is 19.1. The molecule has 0 spiro atoms. The molecule has 5 nitrogen and oxygen atoms in total. The van der Waals surface area contributed by atoms with Gasteiger partial charge in [-0.25, -0.2) is 4.98 Å². The lowest BCUT2D eigenvalue weighted by molar-refractivity contribution is 0.310. The lowest BCUT2D eigenvalue weighted by Gasteiger charge is -2.14. The quantitative estimate of drug-likeness (QED) is 0.483. The zero-order valence-electron chi connectivity index (χ0n) is 17.6. The second kappa shape index (κ2) is 7.32. The van der Waals surface area contributed by atoms with E-state index in [0.29, 0.717) is 6.61 Å². The fourth-order valence-electron chi connectivity index (χ4n) is 3.36. The number of hydrogen-bond donors (Lipinski definition) is 0. The number of benzene rings is 1.